The van der Waals surface area contributed by atoms with Crippen LogP contribution in [0.5, 0.6) is 5.75 Å². The van der Waals surface area contributed by atoms with Crippen LogP contribution in [0.15, 0.2) is 24.3 Å². The second-order valence-corrected chi connectivity index (χ2v) is 6.44. The normalized spacial score (nSPS) is 18.6. The summed E-state index contributed by atoms with van der Waals surface area (Å²) in [4.78, 5) is 14.2. The minimum absolute atomic E-state index is 0.0215. The Kier molecular flexibility index (Phi) is 5.29. The molecule has 1 atom stereocenters. The summed E-state index contributed by atoms with van der Waals surface area (Å²) in [6, 6.07) is 7.97. The molecule has 0 bridgehead atoms. The molecule has 122 valence electrons. The van der Waals surface area contributed by atoms with Gasteiger partial charge in [0.25, 0.3) is 0 Å². The third-order valence-electron chi connectivity index (χ3n) is 3.76. The van der Waals surface area contributed by atoms with E-state index in [9.17, 15) is 4.79 Å². The van der Waals surface area contributed by atoms with Crippen molar-refractivity contribution in [3.8, 4) is 5.75 Å². The first kappa shape index (κ1) is 16.6. The van der Waals surface area contributed by atoms with Gasteiger partial charge in [-0.15, -0.1) is 0 Å². The summed E-state index contributed by atoms with van der Waals surface area (Å²) >= 11 is 0. The zero-order valence-electron chi connectivity index (χ0n) is 13.9. The van der Waals surface area contributed by atoms with Gasteiger partial charge >= 0.3 is 6.03 Å². The van der Waals surface area contributed by atoms with Gasteiger partial charge in [0.05, 0.1) is 25.9 Å². The van der Waals surface area contributed by atoms with E-state index in [1.807, 2.05) is 49.9 Å². The van der Waals surface area contributed by atoms with Gasteiger partial charge in [-0.3, -0.25) is 0 Å². The zero-order valence-corrected chi connectivity index (χ0v) is 13.9. The van der Waals surface area contributed by atoms with Crippen LogP contribution in [0.3, 0.4) is 0 Å². The van der Waals surface area contributed by atoms with Crippen LogP contribution in [0, 0.1) is 0 Å². The van der Waals surface area contributed by atoms with E-state index in [4.69, 9.17) is 9.47 Å². The van der Waals surface area contributed by atoms with Gasteiger partial charge in [-0.05, 0) is 44.9 Å². The molecule has 1 aromatic carbocycles. The number of hydrogen-bond donors (Lipinski definition) is 1. The fourth-order valence-electron chi connectivity index (χ4n) is 2.70. The summed E-state index contributed by atoms with van der Waals surface area (Å²) < 4.78 is 10.9. The third kappa shape index (κ3) is 4.63. The number of ether oxygens (including phenoxy) is 2. The summed E-state index contributed by atoms with van der Waals surface area (Å²) in [6.07, 6.45) is 0.774. The van der Waals surface area contributed by atoms with E-state index in [0.717, 1.165) is 17.7 Å². The molecule has 1 saturated heterocycles. The molecule has 1 aliphatic rings. The van der Waals surface area contributed by atoms with Crippen molar-refractivity contribution in [2.24, 2.45) is 0 Å². The summed E-state index contributed by atoms with van der Waals surface area (Å²) in [5, 5.41) is 3.06. The van der Waals surface area contributed by atoms with Gasteiger partial charge in [0, 0.05) is 12.6 Å². The lowest BCUT2D eigenvalue weighted by Gasteiger charge is -2.38. The number of carbonyl (C=O) groups excluding carboxylic acids is 1. The molecule has 0 radical (unpaired) electrons. The lowest BCUT2D eigenvalue weighted by Crippen LogP contribution is -2.54. The fourth-order valence-corrected chi connectivity index (χ4v) is 2.70. The van der Waals surface area contributed by atoms with Crippen LogP contribution in [0.1, 0.15) is 26.3 Å². The second-order valence-electron chi connectivity index (χ2n) is 6.44. The zero-order chi connectivity index (χ0) is 16.2. The number of benzene rings is 1. The maximum Gasteiger partial charge on any atom is 0.317 e. The molecule has 1 aromatic rings. The van der Waals surface area contributed by atoms with Crippen molar-refractivity contribution in [3.05, 3.63) is 29.8 Å². The highest BCUT2D eigenvalue weighted by Gasteiger charge is 2.30. The number of hydrogen-bond acceptors (Lipinski definition) is 3. The lowest BCUT2D eigenvalue weighted by atomic mass is 10.1. The van der Waals surface area contributed by atoms with E-state index in [1.165, 1.54) is 0 Å². The quantitative estimate of drug-likeness (QED) is 0.929. The van der Waals surface area contributed by atoms with Gasteiger partial charge < -0.3 is 19.7 Å². The first-order chi connectivity index (χ1) is 10.4. The molecule has 0 aliphatic carbocycles. The summed E-state index contributed by atoms with van der Waals surface area (Å²) in [5.74, 6) is 0.839. The van der Waals surface area contributed by atoms with Crippen molar-refractivity contribution in [1.82, 2.24) is 10.2 Å². The topological polar surface area (TPSA) is 50.8 Å². The summed E-state index contributed by atoms with van der Waals surface area (Å²) in [6.45, 7) is 7.87. The molecule has 1 aliphatic heterocycles. The number of methoxy groups -OCH3 is 1. The Bertz CT molecular complexity index is 516. The van der Waals surface area contributed by atoms with Crippen molar-refractivity contribution >= 4 is 6.03 Å². The number of amides is 2. The average molecular weight is 306 g/mol. The van der Waals surface area contributed by atoms with Crippen molar-refractivity contribution in [3.63, 3.8) is 0 Å². The monoisotopic (exact) mass is 306 g/mol. The Hall–Kier alpha value is -1.75. The molecule has 2 amide bonds. The number of morpholine rings is 1. The fraction of sp³-hybridized carbons (Fsp3) is 0.588. The summed E-state index contributed by atoms with van der Waals surface area (Å²) in [5.41, 5.74) is 0.875. The highest BCUT2D eigenvalue weighted by atomic mass is 16.5. The van der Waals surface area contributed by atoms with E-state index in [0.29, 0.717) is 19.7 Å². The highest BCUT2D eigenvalue weighted by Crippen LogP contribution is 2.17. The van der Waals surface area contributed by atoms with E-state index in [2.05, 4.69) is 5.32 Å². The number of urea groups is 1. The van der Waals surface area contributed by atoms with Crippen LogP contribution in [0.4, 0.5) is 4.79 Å². The van der Waals surface area contributed by atoms with Gasteiger partial charge in [-0.25, -0.2) is 4.79 Å². The Morgan fingerprint density at radius 2 is 2.27 bits per heavy atom. The van der Waals surface area contributed by atoms with Crippen molar-refractivity contribution in [2.45, 2.75) is 38.8 Å². The molecule has 5 heteroatoms. The SMILES string of the molecule is COc1cccc(CC(C)NC(=O)N2CCOC(C)(C)C2)c1. The molecule has 22 heavy (non-hydrogen) atoms. The number of nitrogens with one attached hydrogen (secondary N) is 1. The predicted molar refractivity (Wildman–Crippen MR) is 86.3 cm³/mol. The minimum atomic E-state index is -0.272. The van der Waals surface area contributed by atoms with Crippen LogP contribution in [0.25, 0.3) is 0 Å². The van der Waals surface area contributed by atoms with Gasteiger partial charge in [0.1, 0.15) is 5.75 Å². The van der Waals surface area contributed by atoms with Crippen LogP contribution >= 0.6 is 0 Å². The van der Waals surface area contributed by atoms with Crippen molar-refractivity contribution < 1.29 is 14.3 Å². The molecule has 1 heterocycles. The van der Waals surface area contributed by atoms with Crippen molar-refractivity contribution in [2.75, 3.05) is 26.8 Å². The lowest BCUT2D eigenvalue weighted by molar-refractivity contribution is -0.0735. The molecular formula is C17H26N2O3. The van der Waals surface area contributed by atoms with E-state index < -0.39 is 0 Å². The number of carbonyl (C=O) groups is 1. The van der Waals surface area contributed by atoms with E-state index >= 15 is 0 Å². The molecule has 0 spiro atoms. The van der Waals surface area contributed by atoms with Gasteiger partial charge in [0.2, 0.25) is 0 Å². The maximum absolute atomic E-state index is 12.3. The smallest absolute Gasteiger partial charge is 0.317 e. The highest BCUT2D eigenvalue weighted by molar-refractivity contribution is 5.74. The first-order valence-electron chi connectivity index (χ1n) is 7.72. The molecular weight excluding hydrogens is 280 g/mol. The largest absolute Gasteiger partial charge is 0.497 e. The maximum atomic E-state index is 12.3. The minimum Gasteiger partial charge on any atom is -0.497 e. The first-order valence-corrected chi connectivity index (χ1v) is 7.72. The van der Waals surface area contributed by atoms with Crippen LogP contribution in [0.2, 0.25) is 0 Å². The Balaban J connectivity index is 1.88. The van der Waals surface area contributed by atoms with Crippen molar-refractivity contribution in [1.29, 1.82) is 0 Å². The van der Waals surface area contributed by atoms with Gasteiger partial charge in [-0.1, -0.05) is 12.1 Å². The van der Waals surface area contributed by atoms with E-state index in [-0.39, 0.29) is 17.7 Å². The second kappa shape index (κ2) is 7.01. The number of nitrogens with zero attached hydrogens (tertiary/aromatic N) is 1. The van der Waals surface area contributed by atoms with Crippen LogP contribution in [-0.4, -0.2) is 49.4 Å². The Morgan fingerprint density at radius 3 is 2.95 bits per heavy atom. The van der Waals surface area contributed by atoms with Gasteiger partial charge in [-0.2, -0.15) is 0 Å². The Labute approximate surface area is 132 Å². The van der Waals surface area contributed by atoms with Gasteiger partial charge in [0.15, 0.2) is 0 Å². The molecule has 1 N–H and O–H groups in total. The predicted octanol–water partition coefficient (Wildman–Crippen LogP) is 2.45. The third-order valence-corrected chi connectivity index (χ3v) is 3.76. The van der Waals surface area contributed by atoms with E-state index in [1.54, 1.807) is 7.11 Å². The summed E-state index contributed by atoms with van der Waals surface area (Å²) in [7, 11) is 1.66. The van der Waals surface area contributed by atoms with Crippen LogP contribution in [-0.2, 0) is 11.2 Å². The molecule has 0 saturated carbocycles. The van der Waals surface area contributed by atoms with Crippen LogP contribution < -0.4 is 10.1 Å². The molecule has 1 fully saturated rings. The molecule has 1 unspecified atom stereocenters. The average Bonchev–Trinajstić information content (AvgIpc) is 2.46. The Morgan fingerprint density at radius 1 is 1.50 bits per heavy atom. The standard InChI is InChI=1S/C17H26N2O3/c1-13(10-14-6-5-7-15(11-14)21-4)18-16(20)19-8-9-22-17(2,3)12-19/h5-7,11,13H,8-10,12H2,1-4H3,(H,18,20). The molecule has 5 nitrogen and oxygen atoms in total. The number of rotatable bonds is 4. The molecule has 0 aromatic heterocycles. The molecule has 2 rings (SSSR count).